The molecule has 1 N–H and O–H groups in total. The van der Waals surface area contributed by atoms with Gasteiger partial charge in [-0.05, 0) is 62.1 Å². The summed E-state index contributed by atoms with van der Waals surface area (Å²) >= 11 is 0. The summed E-state index contributed by atoms with van der Waals surface area (Å²) in [6, 6.07) is 2.28. The molecule has 0 unspecified atom stereocenters. The Bertz CT molecular complexity index is 985. The van der Waals surface area contributed by atoms with E-state index in [-0.39, 0.29) is 0 Å². The number of hydrogen-bond donors (Lipinski definition) is 1. The lowest BCUT2D eigenvalue weighted by Gasteiger charge is -2.22. The lowest BCUT2D eigenvalue weighted by molar-refractivity contribution is 0.370. The van der Waals surface area contributed by atoms with Crippen LogP contribution in [0.1, 0.15) is 37.3 Å². The quantitative estimate of drug-likeness (QED) is 0.783. The van der Waals surface area contributed by atoms with Crippen molar-refractivity contribution in [1.82, 2.24) is 14.9 Å². The number of likely N-dealkylation sites (N-methyl/N-ethyl adjacent to an activating group) is 1. The number of allylic oxidation sites excluding steroid dienone is 5. The molecule has 0 fully saturated rings. The number of rotatable bonds is 4. The van der Waals surface area contributed by atoms with Crippen LogP contribution in [0.2, 0.25) is 0 Å². The average Bonchev–Trinajstić information content (AvgIpc) is 3.13. The zero-order valence-corrected chi connectivity index (χ0v) is 16.1. The predicted molar refractivity (Wildman–Crippen MR) is 115 cm³/mol. The van der Waals surface area contributed by atoms with Gasteiger partial charge in [0.15, 0.2) is 0 Å². The first-order valence-corrected chi connectivity index (χ1v) is 9.66. The van der Waals surface area contributed by atoms with Gasteiger partial charge in [0.2, 0.25) is 0 Å². The highest BCUT2D eigenvalue weighted by atomic mass is 15.1. The van der Waals surface area contributed by atoms with E-state index in [1.54, 1.807) is 0 Å². The third-order valence-electron chi connectivity index (χ3n) is 5.30. The van der Waals surface area contributed by atoms with Crippen molar-refractivity contribution in [2.24, 2.45) is 4.99 Å². The van der Waals surface area contributed by atoms with Crippen molar-refractivity contribution < 1.29 is 0 Å². The summed E-state index contributed by atoms with van der Waals surface area (Å²) in [5.74, 6) is 0. The molecule has 4 nitrogen and oxygen atoms in total. The van der Waals surface area contributed by atoms with Crippen LogP contribution < -0.4 is 0 Å². The van der Waals surface area contributed by atoms with Crippen LogP contribution in [0, 0.1) is 0 Å². The van der Waals surface area contributed by atoms with E-state index in [0.29, 0.717) is 0 Å². The fourth-order valence-electron chi connectivity index (χ4n) is 3.62. The summed E-state index contributed by atoms with van der Waals surface area (Å²) in [6.07, 6.45) is 20.0. The number of H-pyrrole nitrogens is 1. The molecule has 0 atom stereocenters. The molecule has 4 rings (SSSR count). The van der Waals surface area contributed by atoms with Gasteiger partial charge in [-0.1, -0.05) is 24.3 Å². The fourth-order valence-corrected chi connectivity index (χ4v) is 3.62. The molecule has 2 aliphatic heterocycles. The van der Waals surface area contributed by atoms with Gasteiger partial charge in [-0.25, -0.2) is 4.98 Å². The van der Waals surface area contributed by atoms with Gasteiger partial charge < -0.3 is 9.88 Å². The van der Waals surface area contributed by atoms with E-state index in [1.165, 1.54) is 27.7 Å². The van der Waals surface area contributed by atoms with E-state index in [1.807, 2.05) is 12.4 Å². The maximum atomic E-state index is 4.67. The molecule has 0 aromatic carbocycles. The largest absolute Gasteiger partial charge is 0.346 e. The monoisotopic (exact) mass is 358 g/mol. The standard InChI is InChI=1S/C23H26N4/c1-3-17(7-8-20-6-4-5-11-24-20)22-16-26-23-21(22)14-19(15-25-23)18-9-12-27(2)13-10-18/h3,5,7-9,11,14-16H,4,6,10,12-13H2,1-2H3,(H,25,26)/b8-7-,17-3+. The number of pyridine rings is 1. The second-order valence-corrected chi connectivity index (χ2v) is 7.19. The van der Waals surface area contributed by atoms with Crippen molar-refractivity contribution in [2.75, 3.05) is 20.1 Å². The minimum atomic E-state index is 0.938. The van der Waals surface area contributed by atoms with Gasteiger partial charge in [0, 0.05) is 48.3 Å². The van der Waals surface area contributed by atoms with Gasteiger partial charge in [-0.15, -0.1) is 0 Å². The number of hydrogen-bond acceptors (Lipinski definition) is 3. The highest BCUT2D eigenvalue weighted by Crippen LogP contribution is 2.29. The van der Waals surface area contributed by atoms with E-state index in [4.69, 9.17) is 0 Å². The van der Waals surface area contributed by atoms with Gasteiger partial charge in [-0.3, -0.25) is 4.99 Å². The van der Waals surface area contributed by atoms with Gasteiger partial charge in [0.1, 0.15) is 5.65 Å². The zero-order valence-electron chi connectivity index (χ0n) is 16.1. The number of nitrogens with zero attached hydrogens (tertiary/aromatic N) is 3. The number of aliphatic imine (C=N–C) groups is 1. The van der Waals surface area contributed by atoms with Crippen LogP contribution in [-0.2, 0) is 0 Å². The van der Waals surface area contributed by atoms with Crippen molar-refractivity contribution in [3.63, 3.8) is 0 Å². The molecule has 0 amide bonds. The lowest BCUT2D eigenvalue weighted by Crippen LogP contribution is -2.23. The van der Waals surface area contributed by atoms with Crippen molar-refractivity contribution in [2.45, 2.75) is 26.2 Å². The van der Waals surface area contributed by atoms with Gasteiger partial charge in [0.25, 0.3) is 0 Å². The SMILES string of the molecule is C/C=C(\C=C/C1=NC=CCC1)c1c[nH]c2ncc(C3=CCN(C)CC3)cc12. The Morgan fingerprint density at radius 1 is 1.30 bits per heavy atom. The first-order valence-electron chi connectivity index (χ1n) is 9.66. The molecule has 2 aliphatic rings. The number of nitrogens with one attached hydrogen (secondary N) is 1. The van der Waals surface area contributed by atoms with Gasteiger partial charge in [-0.2, -0.15) is 0 Å². The molecule has 4 heteroatoms. The first kappa shape index (κ1) is 17.7. The second kappa shape index (κ2) is 7.89. The van der Waals surface area contributed by atoms with Crippen LogP contribution in [0.5, 0.6) is 0 Å². The van der Waals surface area contributed by atoms with Crippen LogP contribution in [0.3, 0.4) is 0 Å². The summed E-state index contributed by atoms with van der Waals surface area (Å²) < 4.78 is 0. The molecule has 138 valence electrons. The van der Waals surface area contributed by atoms with Gasteiger partial charge >= 0.3 is 0 Å². The highest BCUT2D eigenvalue weighted by molar-refractivity contribution is 6.00. The smallest absolute Gasteiger partial charge is 0.137 e. The van der Waals surface area contributed by atoms with Crippen molar-refractivity contribution in [3.05, 3.63) is 66.2 Å². The Labute approximate surface area is 160 Å². The predicted octanol–water partition coefficient (Wildman–Crippen LogP) is 4.99. The molecular weight excluding hydrogens is 332 g/mol. The van der Waals surface area contributed by atoms with Crippen molar-refractivity contribution >= 4 is 27.9 Å². The maximum Gasteiger partial charge on any atom is 0.137 e. The molecule has 0 radical (unpaired) electrons. The average molecular weight is 358 g/mol. The first-order chi connectivity index (χ1) is 13.2. The third-order valence-corrected chi connectivity index (χ3v) is 5.30. The molecule has 0 saturated carbocycles. The molecule has 0 spiro atoms. The Hall–Kier alpha value is -2.72. The van der Waals surface area contributed by atoms with E-state index < -0.39 is 0 Å². The lowest BCUT2D eigenvalue weighted by atomic mass is 9.98. The fraction of sp³-hybridized carbons (Fsp3) is 0.304. The molecule has 2 aromatic rings. The summed E-state index contributed by atoms with van der Waals surface area (Å²) in [6.45, 7) is 4.19. The Morgan fingerprint density at radius 3 is 2.96 bits per heavy atom. The van der Waals surface area contributed by atoms with Crippen LogP contribution in [0.4, 0.5) is 0 Å². The zero-order chi connectivity index (χ0) is 18.6. The van der Waals surface area contributed by atoms with Crippen LogP contribution >= 0.6 is 0 Å². The number of fused-ring (bicyclic) bond motifs is 1. The summed E-state index contributed by atoms with van der Waals surface area (Å²) in [4.78, 5) is 14.8. The molecule has 0 bridgehead atoms. The summed E-state index contributed by atoms with van der Waals surface area (Å²) in [7, 11) is 2.16. The summed E-state index contributed by atoms with van der Waals surface area (Å²) in [5, 5.41) is 1.18. The Morgan fingerprint density at radius 2 is 2.22 bits per heavy atom. The van der Waals surface area contributed by atoms with Crippen LogP contribution in [0.25, 0.3) is 22.2 Å². The van der Waals surface area contributed by atoms with E-state index in [9.17, 15) is 0 Å². The van der Waals surface area contributed by atoms with Crippen LogP contribution in [-0.4, -0.2) is 40.7 Å². The van der Waals surface area contributed by atoms with Crippen LogP contribution in [0.15, 0.2) is 60.0 Å². The second-order valence-electron chi connectivity index (χ2n) is 7.19. The van der Waals surface area contributed by atoms with Crippen molar-refractivity contribution in [1.29, 1.82) is 0 Å². The normalized spacial score (nSPS) is 19.0. The van der Waals surface area contributed by atoms with E-state index in [0.717, 1.165) is 43.7 Å². The minimum Gasteiger partial charge on any atom is -0.346 e. The van der Waals surface area contributed by atoms with Gasteiger partial charge in [0.05, 0.1) is 0 Å². The number of aromatic nitrogens is 2. The minimum absolute atomic E-state index is 0.938. The maximum absolute atomic E-state index is 4.67. The number of aromatic amines is 1. The van der Waals surface area contributed by atoms with E-state index in [2.05, 4.69) is 76.5 Å². The summed E-state index contributed by atoms with van der Waals surface area (Å²) in [5.41, 5.74) is 7.08. The molecular formula is C23H26N4. The molecule has 4 heterocycles. The molecule has 27 heavy (non-hydrogen) atoms. The highest BCUT2D eigenvalue weighted by Gasteiger charge is 2.13. The Balaban J connectivity index is 1.66. The topological polar surface area (TPSA) is 44.3 Å². The molecule has 2 aromatic heterocycles. The molecule has 0 aliphatic carbocycles. The molecule has 0 saturated heterocycles. The Kier molecular flexibility index (Phi) is 5.16. The third kappa shape index (κ3) is 3.86. The van der Waals surface area contributed by atoms with Crippen molar-refractivity contribution in [3.8, 4) is 0 Å². The van der Waals surface area contributed by atoms with E-state index >= 15 is 0 Å².